The lowest BCUT2D eigenvalue weighted by Gasteiger charge is -2.27. The Morgan fingerprint density at radius 3 is 2.62 bits per heavy atom. The number of rotatable bonds is 3. The minimum absolute atomic E-state index is 0.00949. The van der Waals surface area contributed by atoms with E-state index in [1.807, 2.05) is 24.4 Å². The molecule has 86 valence electrons. The molecular weight excluding hydrogens is 224 g/mol. The van der Waals surface area contributed by atoms with Crippen molar-refractivity contribution in [3.8, 4) is 0 Å². The maximum atomic E-state index is 11.8. The Bertz CT molecular complexity index is 433. The summed E-state index contributed by atoms with van der Waals surface area (Å²) < 4.78 is 10.8. The Morgan fingerprint density at radius 2 is 2.19 bits per heavy atom. The first kappa shape index (κ1) is 11.4. The molecule has 0 bridgehead atoms. The zero-order valence-corrected chi connectivity index (χ0v) is 10.4. The van der Waals surface area contributed by atoms with E-state index in [1.54, 1.807) is 18.4 Å². The highest BCUT2D eigenvalue weighted by Gasteiger charge is 2.46. The van der Waals surface area contributed by atoms with E-state index in [1.165, 1.54) is 7.11 Å². The number of allylic oxidation sites excluding steroid dienone is 1. The van der Waals surface area contributed by atoms with Crippen LogP contribution in [0, 0.1) is 0 Å². The lowest BCUT2D eigenvalue weighted by Crippen LogP contribution is -2.26. The fourth-order valence-electron chi connectivity index (χ4n) is 2.20. The van der Waals surface area contributed by atoms with Crippen LogP contribution in [-0.4, -0.2) is 20.0 Å². The number of ketones is 1. The van der Waals surface area contributed by atoms with Gasteiger partial charge in [0.1, 0.15) is 5.60 Å². The van der Waals surface area contributed by atoms with Crippen LogP contribution in [-0.2, 0) is 19.9 Å². The van der Waals surface area contributed by atoms with Gasteiger partial charge in [-0.05, 0) is 18.4 Å². The van der Waals surface area contributed by atoms with Crippen LogP contribution in [0.2, 0.25) is 0 Å². The van der Waals surface area contributed by atoms with Crippen LogP contribution in [0.3, 0.4) is 0 Å². The van der Waals surface area contributed by atoms with E-state index in [-0.39, 0.29) is 5.78 Å². The van der Waals surface area contributed by atoms with Gasteiger partial charge in [0.15, 0.2) is 5.76 Å². The minimum atomic E-state index is -0.614. The van der Waals surface area contributed by atoms with Gasteiger partial charge in [-0.2, -0.15) is 0 Å². The van der Waals surface area contributed by atoms with Crippen LogP contribution in [0.25, 0.3) is 0 Å². The Labute approximate surface area is 98.7 Å². The molecule has 16 heavy (non-hydrogen) atoms. The lowest BCUT2D eigenvalue weighted by molar-refractivity contribution is -0.120. The van der Waals surface area contributed by atoms with Gasteiger partial charge in [-0.25, -0.2) is 0 Å². The van der Waals surface area contributed by atoms with Crippen molar-refractivity contribution in [3.05, 3.63) is 33.7 Å². The normalized spacial score (nSPS) is 25.3. The average molecular weight is 238 g/mol. The van der Waals surface area contributed by atoms with Crippen LogP contribution in [0.15, 0.2) is 28.8 Å². The second kappa shape index (κ2) is 4.03. The molecule has 4 heteroatoms. The molecule has 1 aromatic rings. The number of carbonyl (C=O) groups is 1. The molecule has 0 aliphatic heterocycles. The molecule has 1 aliphatic carbocycles. The van der Waals surface area contributed by atoms with E-state index in [9.17, 15) is 4.79 Å². The number of carbonyl (C=O) groups excluding carboxylic acids is 1. The summed E-state index contributed by atoms with van der Waals surface area (Å²) in [6.07, 6.45) is 0.332. The summed E-state index contributed by atoms with van der Waals surface area (Å²) in [6.45, 7) is 1.90. The molecule has 0 saturated heterocycles. The van der Waals surface area contributed by atoms with Gasteiger partial charge in [-0.15, -0.1) is 11.3 Å². The zero-order chi connectivity index (χ0) is 11.8. The van der Waals surface area contributed by atoms with E-state index >= 15 is 0 Å². The first-order chi connectivity index (χ1) is 7.65. The highest BCUT2D eigenvalue weighted by Crippen LogP contribution is 2.45. The van der Waals surface area contributed by atoms with Crippen molar-refractivity contribution >= 4 is 17.1 Å². The third-order valence-electron chi connectivity index (χ3n) is 3.08. The van der Waals surface area contributed by atoms with Crippen LogP contribution in [0.5, 0.6) is 0 Å². The van der Waals surface area contributed by atoms with Gasteiger partial charge < -0.3 is 9.47 Å². The second-order valence-corrected chi connectivity index (χ2v) is 4.71. The molecule has 1 atom stereocenters. The molecule has 1 unspecified atom stereocenters. The van der Waals surface area contributed by atoms with Crippen molar-refractivity contribution in [1.29, 1.82) is 0 Å². The van der Waals surface area contributed by atoms with Crippen LogP contribution in [0.1, 0.15) is 18.2 Å². The zero-order valence-electron chi connectivity index (χ0n) is 9.57. The molecule has 1 aliphatic rings. The quantitative estimate of drug-likeness (QED) is 0.811. The van der Waals surface area contributed by atoms with Crippen LogP contribution >= 0.6 is 11.3 Å². The van der Waals surface area contributed by atoms with Crippen molar-refractivity contribution < 1.29 is 14.3 Å². The molecule has 0 N–H and O–H groups in total. The largest absolute Gasteiger partial charge is 0.493 e. The predicted octanol–water partition coefficient (Wildman–Crippen LogP) is 2.48. The standard InChI is InChI=1S/C12H14O3S/c1-8-11(14-2)9(13)7-12(8,15-3)10-5-4-6-16-10/h4-6H,7H2,1-3H3. The highest BCUT2D eigenvalue weighted by atomic mass is 32.1. The van der Waals surface area contributed by atoms with Crippen molar-refractivity contribution in [1.82, 2.24) is 0 Å². The number of hydrogen-bond acceptors (Lipinski definition) is 4. The Kier molecular flexibility index (Phi) is 2.86. The maximum absolute atomic E-state index is 11.8. The van der Waals surface area contributed by atoms with Crippen LogP contribution in [0.4, 0.5) is 0 Å². The summed E-state index contributed by atoms with van der Waals surface area (Å²) in [5.41, 5.74) is 0.251. The third kappa shape index (κ3) is 1.41. The second-order valence-electron chi connectivity index (χ2n) is 3.77. The molecule has 0 spiro atoms. The first-order valence-electron chi connectivity index (χ1n) is 5.03. The van der Waals surface area contributed by atoms with E-state index in [0.717, 1.165) is 10.5 Å². The number of thiophene rings is 1. The van der Waals surface area contributed by atoms with E-state index in [2.05, 4.69) is 0 Å². The van der Waals surface area contributed by atoms with Gasteiger partial charge in [0, 0.05) is 17.6 Å². The van der Waals surface area contributed by atoms with Crippen molar-refractivity contribution in [2.24, 2.45) is 0 Å². The fourth-order valence-corrected chi connectivity index (χ4v) is 3.16. The molecule has 0 radical (unpaired) electrons. The van der Waals surface area contributed by atoms with E-state index in [0.29, 0.717) is 12.2 Å². The Hall–Kier alpha value is -1.13. The van der Waals surface area contributed by atoms with Gasteiger partial charge in [0.2, 0.25) is 5.78 Å². The topological polar surface area (TPSA) is 35.5 Å². The lowest BCUT2D eigenvalue weighted by atomic mass is 9.94. The molecule has 2 rings (SSSR count). The van der Waals surface area contributed by atoms with Crippen molar-refractivity contribution in [3.63, 3.8) is 0 Å². The number of methoxy groups -OCH3 is 2. The minimum Gasteiger partial charge on any atom is -0.493 e. The predicted molar refractivity (Wildman–Crippen MR) is 62.3 cm³/mol. The fraction of sp³-hybridized carbons (Fsp3) is 0.417. The summed E-state index contributed by atoms with van der Waals surface area (Å²) in [6, 6.07) is 3.95. The summed E-state index contributed by atoms with van der Waals surface area (Å²) >= 11 is 1.59. The molecule has 0 aromatic carbocycles. The summed E-state index contributed by atoms with van der Waals surface area (Å²) in [4.78, 5) is 12.9. The Morgan fingerprint density at radius 1 is 1.44 bits per heavy atom. The van der Waals surface area contributed by atoms with Gasteiger partial charge >= 0.3 is 0 Å². The van der Waals surface area contributed by atoms with Crippen molar-refractivity contribution in [2.75, 3.05) is 14.2 Å². The molecule has 0 saturated carbocycles. The molecular formula is C12H14O3S. The molecule has 1 heterocycles. The number of hydrogen-bond donors (Lipinski definition) is 0. The molecule has 0 amide bonds. The van der Waals surface area contributed by atoms with Gasteiger partial charge in [-0.3, -0.25) is 4.79 Å². The smallest absolute Gasteiger partial charge is 0.201 e. The summed E-state index contributed by atoms with van der Waals surface area (Å²) in [7, 11) is 3.16. The summed E-state index contributed by atoms with van der Waals surface area (Å²) in [5.74, 6) is 0.450. The molecule has 0 fully saturated rings. The van der Waals surface area contributed by atoms with Gasteiger partial charge in [0.25, 0.3) is 0 Å². The molecule has 1 aromatic heterocycles. The highest BCUT2D eigenvalue weighted by molar-refractivity contribution is 7.10. The first-order valence-corrected chi connectivity index (χ1v) is 5.91. The van der Waals surface area contributed by atoms with Crippen molar-refractivity contribution in [2.45, 2.75) is 18.9 Å². The van der Waals surface area contributed by atoms with E-state index < -0.39 is 5.60 Å². The third-order valence-corrected chi connectivity index (χ3v) is 4.09. The average Bonchev–Trinajstić information content (AvgIpc) is 2.86. The number of ether oxygens (including phenoxy) is 2. The Balaban J connectivity index is 2.53. The molecule has 3 nitrogen and oxygen atoms in total. The van der Waals surface area contributed by atoms with Gasteiger partial charge in [-0.1, -0.05) is 6.07 Å². The SMILES string of the molecule is COC1=C(C)C(OC)(c2cccs2)CC1=O. The monoisotopic (exact) mass is 238 g/mol. The summed E-state index contributed by atoms with van der Waals surface area (Å²) in [5, 5.41) is 1.98. The maximum Gasteiger partial charge on any atom is 0.201 e. The van der Waals surface area contributed by atoms with Crippen LogP contribution < -0.4 is 0 Å². The van der Waals surface area contributed by atoms with E-state index in [4.69, 9.17) is 9.47 Å². The van der Waals surface area contributed by atoms with Gasteiger partial charge in [0.05, 0.1) is 13.5 Å². The number of Topliss-reactive ketones (excluding diaryl/α,β-unsaturated/α-hetero) is 1.